The van der Waals surface area contributed by atoms with Crippen LogP contribution in [0, 0.1) is 12.7 Å². The summed E-state index contributed by atoms with van der Waals surface area (Å²) in [5.74, 6) is 0.125. The maximum absolute atomic E-state index is 13.3. The summed E-state index contributed by atoms with van der Waals surface area (Å²) in [6, 6.07) is 4.28. The van der Waals surface area contributed by atoms with Gasteiger partial charge in [-0.2, -0.15) is 0 Å². The van der Waals surface area contributed by atoms with Crippen molar-refractivity contribution < 1.29 is 9.18 Å². The summed E-state index contributed by atoms with van der Waals surface area (Å²) in [6.45, 7) is 4.12. The summed E-state index contributed by atoms with van der Waals surface area (Å²) < 4.78 is 15.1. The molecule has 0 saturated heterocycles. The van der Waals surface area contributed by atoms with Crippen LogP contribution in [0.3, 0.4) is 0 Å². The van der Waals surface area contributed by atoms with Crippen molar-refractivity contribution >= 4 is 5.91 Å². The van der Waals surface area contributed by atoms with Crippen LogP contribution >= 0.6 is 0 Å². The predicted molar refractivity (Wildman–Crippen MR) is 72.9 cm³/mol. The monoisotopic (exact) mass is 276 g/mol. The summed E-state index contributed by atoms with van der Waals surface area (Å²) in [4.78, 5) is 12.0. The molecule has 0 saturated carbocycles. The highest BCUT2D eigenvalue weighted by atomic mass is 19.1. The molecule has 2 rings (SSSR count). The molecule has 0 radical (unpaired) electrons. The second kappa shape index (κ2) is 5.81. The van der Waals surface area contributed by atoms with Gasteiger partial charge in [-0.3, -0.25) is 4.79 Å². The van der Waals surface area contributed by atoms with Crippen LogP contribution in [0.1, 0.15) is 34.6 Å². The van der Waals surface area contributed by atoms with Crippen molar-refractivity contribution in [2.24, 2.45) is 7.05 Å². The third-order valence-electron chi connectivity index (χ3n) is 3.06. The first-order valence-electron chi connectivity index (χ1n) is 6.36. The molecule has 1 heterocycles. The Hall–Kier alpha value is -2.24. The standard InChI is InChI=1S/C14H17FN4O/c1-9-4-11(6-12(15)5-9)14(20)16-7-10(2)13-18-17-8-19(13)3/h4-6,8,10H,7H2,1-3H3,(H,16,20)/t10-/m0/s1. The number of nitrogens with one attached hydrogen (secondary N) is 1. The van der Waals surface area contributed by atoms with E-state index in [0.29, 0.717) is 12.1 Å². The van der Waals surface area contributed by atoms with Crippen molar-refractivity contribution in [2.75, 3.05) is 6.54 Å². The number of hydrogen-bond acceptors (Lipinski definition) is 3. The molecule has 5 nitrogen and oxygen atoms in total. The summed E-state index contributed by atoms with van der Waals surface area (Å²) in [6.07, 6.45) is 1.61. The molecule has 106 valence electrons. The first kappa shape index (κ1) is 14.2. The van der Waals surface area contributed by atoms with E-state index < -0.39 is 5.82 Å². The van der Waals surface area contributed by atoms with Crippen LogP contribution in [0.15, 0.2) is 24.5 Å². The first-order chi connectivity index (χ1) is 9.47. The largest absolute Gasteiger partial charge is 0.351 e. The average Bonchev–Trinajstić information content (AvgIpc) is 2.80. The van der Waals surface area contributed by atoms with Crippen LogP contribution in [0.4, 0.5) is 4.39 Å². The van der Waals surface area contributed by atoms with Crippen molar-refractivity contribution in [2.45, 2.75) is 19.8 Å². The lowest BCUT2D eigenvalue weighted by Crippen LogP contribution is -2.28. The van der Waals surface area contributed by atoms with Gasteiger partial charge in [0.2, 0.25) is 0 Å². The predicted octanol–water partition coefficient (Wildman–Crippen LogP) is 1.80. The third-order valence-corrected chi connectivity index (χ3v) is 3.06. The minimum Gasteiger partial charge on any atom is -0.351 e. The number of nitrogens with zero attached hydrogens (tertiary/aromatic N) is 3. The Morgan fingerprint density at radius 3 is 2.80 bits per heavy atom. The fourth-order valence-electron chi connectivity index (χ4n) is 2.04. The zero-order chi connectivity index (χ0) is 14.7. The molecule has 1 aromatic carbocycles. The molecular formula is C14H17FN4O. The summed E-state index contributed by atoms with van der Waals surface area (Å²) in [7, 11) is 1.85. The topological polar surface area (TPSA) is 59.8 Å². The van der Waals surface area contributed by atoms with E-state index in [0.717, 1.165) is 11.4 Å². The number of amides is 1. The van der Waals surface area contributed by atoms with E-state index in [1.54, 1.807) is 19.3 Å². The molecule has 1 atom stereocenters. The molecular weight excluding hydrogens is 259 g/mol. The van der Waals surface area contributed by atoms with Gasteiger partial charge in [-0.1, -0.05) is 6.92 Å². The van der Waals surface area contributed by atoms with Gasteiger partial charge in [-0.25, -0.2) is 4.39 Å². The Labute approximate surface area is 116 Å². The Morgan fingerprint density at radius 2 is 2.20 bits per heavy atom. The van der Waals surface area contributed by atoms with Crippen LogP contribution in [-0.2, 0) is 7.05 Å². The number of aryl methyl sites for hydroxylation is 2. The van der Waals surface area contributed by atoms with Crippen LogP contribution in [0.25, 0.3) is 0 Å². The zero-order valence-corrected chi connectivity index (χ0v) is 11.7. The molecule has 0 bridgehead atoms. The van der Waals surface area contributed by atoms with Gasteiger partial charge in [0.05, 0.1) is 0 Å². The number of halogens is 1. The molecule has 0 aliphatic heterocycles. The van der Waals surface area contributed by atoms with Crippen LogP contribution in [0.5, 0.6) is 0 Å². The molecule has 0 fully saturated rings. The SMILES string of the molecule is Cc1cc(F)cc(C(=O)NC[C@H](C)c2nncn2C)c1. The molecule has 1 amide bonds. The molecule has 2 aromatic rings. The van der Waals surface area contributed by atoms with Crippen molar-refractivity contribution in [1.29, 1.82) is 0 Å². The first-order valence-corrected chi connectivity index (χ1v) is 6.36. The number of hydrogen-bond donors (Lipinski definition) is 1. The molecule has 0 unspecified atom stereocenters. The number of benzene rings is 1. The lowest BCUT2D eigenvalue weighted by atomic mass is 10.1. The molecule has 1 aromatic heterocycles. The Morgan fingerprint density at radius 1 is 1.45 bits per heavy atom. The lowest BCUT2D eigenvalue weighted by Gasteiger charge is -2.12. The minimum atomic E-state index is -0.406. The maximum Gasteiger partial charge on any atom is 0.251 e. The van der Waals surface area contributed by atoms with Gasteiger partial charge in [-0.05, 0) is 30.7 Å². The van der Waals surface area contributed by atoms with Crippen LogP contribution in [0.2, 0.25) is 0 Å². The quantitative estimate of drug-likeness (QED) is 0.926. The summed E-state index contributed by atoms with van der Waals surface area (Å²) in [5, 5.41) is 10.6. The van der Waals surface area contributed by atoms with Crippen molar-refractivity contribution in [1.82, 2.24) is 20.1 Å². The van der Waals surface area contributed by atoms with E-state index in [9.17, 15) is 9.18 Å². The normalized spacial score (nSPS) is 12.2. The molecule has 1 N–H and O–H groups in total. The van der Waals surface area contributed by atoms with Gasteiger partial charge in [0.1, 0.15) is 18.0 Å². The fourth-order valence-corrected chi connectivity index (χ4v) is 2.04. The van der Waals surface area contributed by atoms with Gasteiger partial charge >= 0.3 is 0 Å². The van der Waals surface area contributed by atoms with E-state index in [-0.39, 0.29) is 11.8 Å². The highest BCUT2D eigenvalue weighted by Crippen LogP contribution is 2.11. The Balaban J connectivity index is 2.00. The molecule has 0 aliphatic rings. The van der Waals surface area contributed by atoms with Crippen molar-refractivity contribution in [3.63, 3.8) is 0 Å². The summed E-state index contributed by atoms with van der Waals surface area (Å²) >= 11 is 0. The zero-order valence-electron chi connectivity index (χ0n) is 11.7. The van der Waals surface area contributed by atoms with E-state index in [1.165, 1.54) is 12.1 Å². The van der Waals surface area contributed by atoms with E-state index in [4.69, 9.17) is 0 Å². The minimum absolute atomic E-state index is 0.0288. The maximum atomic E-state index is 13.3. The second-order valence-electron chi connectivity index (χ2n) is 4.93. The lowest BCUT2D eigenvalue weighted by molar-refractivity contribution is 0.0950. The van der Waals surface area contributed by atoms with Crippen LogP contribution < -0.4 is 5.32 Å². The smallest absolute Gasteiger partial charge is 0.251 e. The third kappa shape index (κ3) is 3.20. The summed E-state index contributed by atoms with van der Waals surface area (Å²) in [5.41, 5.74) is 1.05. The highest BCUT2D eigenvalue weighted by molar-refractivity contribution is 5.94. The van der Waals surface area contributed by atoms with Gasteiger partial charge < -0.3 is 9.88 Å². The molecule has 0 aliphatic carbocycles. The number of carbonyl (C=O) groups is 1. The number of carbonyl (C=O) groups excluding carboxylic acids is 1. The van der Waals surface area contributed by atoms with Gasteiger partial charge in [-0.15, -0.1) is 10.2 Å². The Bertz CT molecular complexity index is 603. The van der Waals surface area contributed by atoms with Gasteiger partial charge in [0.15, 0.2) is 0 Å². The van der Waals surface area contributed by atoms with Crippen molar-refractivity contribution in [3.05, 3.63) is 47.3 Å². The van der Waals surface area contributed by atoms with Crippen LogP contribution in [-0.4, -0.2) is 27.2 Å². The highest BCUT2D eigenvalue weighted by Gasteiger charge is 2.14. The van der Waals surface area contributed by atoms with E-state index in [2.05, 4.69) is 15.5 Å². The molecule has 20 heavy (non-hydrogen) atoms. The van der Waals surface area contributed by atoms with Gasteiger partial charge in [0.25, 0.3) is 5.91 Å². The van der Waals surface area contributed by atoms with Crippen molar-refractivity contribution in [3.8, 4) is 0 Å². The number of rotatable bonds is 4. The Kier molecular flexibility index (Phi) is 4.12. The number of aromatic nitrogens is 3. The molecule has 6 heteroatoms. The van der Waals surface area contributed by atoms with E-state index in [1.807, 2.05) is 18.5 Å². The second-order valence-corrected chi connectivity index (χ2v) is 4.93. The van der Waals surface area contributed by atoms with E-state index >= 15 is 0 Å². The average molecular weight is 276 g/mol. The molecule has 0 spiro atoms. The van der Waals surface area contributed by atoms with Gasteiger partial charge in [0, 0.05) is 25.1 Å². The fraction of sp³-hybridized carbons (Fsp3) is 0.357.